The Hall–Kier alpha value is -0.490. The predicted octanol–water partition coefficient (Wildman–Crippen LogP) is 3.61. The van der Waals surface area contributed by atoms with Gasteiger partial charge in [0.1, 0.15) is 5.78 Å². The Labute approximate surface area is 167 Å². The molecule has 0 aromatic carbocycles. The predicted molar refractivity (Wildman–Crippen MR) is 112 cm³/mol. The van der Waals surface area contributed by atoms with Gasteiger partial charge in [0, 0.05) is 45.7 Å². The molecule has 5 heteroatoms. The molecule has 0 amide bonds. The zero-order valence-electron chi connectivity index (χ0n) is 19.0. The highest BCUT2D eigenvalue weighted by atomic mass is 16.5. The molecule has 0 spiro atoms. The number of nitrogens with zero attached hydrogens (tertiary/aromatic N) is 2. The van der Waals surface area contributed by atoms with E-state index in [-0.39, 0.29) is 11.4 Å². The number of hydrogen-bond acceptors (Lipinski definition) is 5. The molecule has 27 heavy (non-hydrogen) atoms. The summed E-state index contributed by atoms with van der Waals surface area (Å²) in [5, 5.41) is 0. The molecular weight excluding hydrogens is 340 g/mol. The van der Waals surface area contributed by atoms with Crippen molar-refractivity contribution in [3.63, 3.8) is 0 Å². The third-order valence-electron chi connectivity index (χ3n) is 5.49. The van der Waals surface area contributed by atoms with E-state index in [9.17, 15) is 4.79 Å². The van der Waals surface area contributed by atoms with Crippen LogP contribution in [0.4, 0.5) is 0 Å². The first-order valence-corrected chi connectivity index (χ1v) is 10.8. The van der Waals surface area contributed by atoms with Crippen LogP contribution in [0.15, 0.2) is 0 Å². The van der Waals surface area contributed by atoms with E-state index in [1.807, 2.05) is 13.8 Å². The van der Waals surface area contributed by atoms with Gasteiger partial charge in [-0.1, -0.05) is 20.8 Å². The number of piperazine rings is 1. The molecule has 0 bridgehead atoms. The Balaban J connectivity index is 2.28. The molecule has 0 N–H and O–H groups in total. The summed E-state index contributed by atoms with van der Waals surface area (Å²) in [6.07, 6.45) is 2.49. The van der Waals surface area contributed by atoms with E-state index >= 15 is 0 Å². The molecule has 1 aliphatic rings. The lowest BCUT2D eigenvalue weighted by molar-refractivity contribution is -0.127. The van der Waals surface area contributed by atoms with Crippen molar-refractivity contribution in [1.29, 1.82) is 0 Å². The maximum Gasteiger partial charge on any atom is 0.132 e. The molecule has 1 unspecified atom stereocenters. The van der Waals surface area contributed by atoms with E-state index in [0.717, 1.165) is 38.4 Å². The average Bonchev–Trinajstić information content (AvgIpc) is 2.57. The molecule has 0 saturated carbocycles. The van der Waals surface area contributed by atoms with E-state index in [1.165, 1.54) is 19.6 Å². The summed E-state index contributed by atoms with van der Waals surface area (Å²) in [5.41, 5.74) is -0.517. The van der Waals surface area contributed by atoms with Crippen molar-refractivity contribution in [2.24, 2.45) is 5.92 Å². The molecule has 5 nitrogen and oxygen atoms in total. The molecule has 1 aliphatic heterocycles. The van der Waals surface area contributed by atoms with Crippen LogP contribution < -0.4 is 0 Å². The highest BCUT2D eigenvalue weighted by molar-refractivity contribution is 5.76. The normalized spacial score (nSPS) is 19.4. The third kappa shape index (κ3) is 10.6. The van der Waals surface area contributed by atoms with E-state index < -0.39 is 5.60 Å². The van der Waals surface area contributed by atoms with Gasteiger partial charge in [0.25, 0.3) is 0 Å². The molecule has 0 aromatic rings. The number of ether oxygens (including phenoxy) is 2. The molecule has 1 fully saturated rings. The molecule has 0 radical (unpaired) electrons. The molecule has 1 atom stereocenters. The summed E-state index contributed by atoms with van der Waals surface area (Å²) >= 11 is 0. The second-order valence-corrected chi connectivity index (χ2v) is 9.42. The van der Waals surface area contributed by atoms with Crippen LogP contribution >= 0.6 is 0 Å². The maximum absolute atomic E-state index is 11.3. The molecule has 0 aromatic heterocycles. The van der Waals surface area contributed by atoms with Crippen molar-refractivity contribution in [1.82, 2.24) is 9.80 Å². The summed E-state index contributed by atoms with van der Waals surface area (Å²) in [6, 6.07) is 0. The van der Waals surface area contributed by atoms with E-state index in [2.05, 4.69) is 37.5 Å². The van der Waals surface area contributed by atoms with E-state index in [4.69, 9.17) is 9.47 Å². The van der Waals surface area contributed by atoms with Crippen LogP contribution in [-0.2, 0) is 14.3 Å². The second-order valence-electron chi connectivity index (χ2n) is 9.42. The van der Waals surface area contributed by atoms with Gasteiger partial charge in [-0.2, -0.15) is 0 Å². The minimum Gasteiger partial charge on any atom is -0.373 e. The zero-order chi connectivity index (χ0) is 20.5. The zero-order valence-corrected chi connectivity index (χ0v) is 19.0. The van der Waals surface area contributed by atoms with Crippen molar-refractivity contribution in [2.45, 2.75) is 78.9 Å². The highest BCUT2D eigenvalue weighted by Crippen LogP contribution is 2.22. The topological polar surface area (TPSA) is 42.0 Å². The van der Waals surface area contributed by atoms with Gasteiger partial charge in [0.2, 0.25) is 0 Å². The largest absolute Gasteiger partial charge is 0.373 e. The van der Waals surface area contributed by atoms with Crippen LogP contribution in [0.3, 0.4) is 0 Å². The van der Waals surface area contributed by atoms with Crippen molar-refractivity contribution >= 4 is 5.78 Å². The molecule has 0 aliphatic carbocycles. The third-order valence-corrected chi connectivity index (χ3v) is 5.49. The van der Waals surface area contributed by atoms with Crippen LogP contribution in [0, 0.1) is 5.92 Å². The molecule has 1 saturated heterocycles. The van der Waals surface area contributed by atoms with Crippen LogP contribution in [0.25, 0.3) is 0 Å². The van der Waals surface area contributed by atoms with Gasteiger partial charge in [-0.25, -0.2) is 0 Å². The summed E-state index contributed by atoms with van der Waals surface area (Å²) < 4.78 is 12.1. The fraction of sp³-hybridized carbons (Fsp3) is 0.955. The van der Waals surface area contributed by atoms with Crippen LogP contribution in [-0.4, -0.2) is 79.3 Å². The Morgan fingerprint density at radius 1 is 1.00 bits per heavy atom. The first kappa shape index (κ1) is 24.5. The monoisotopic (exact) mass is 384 g/mol. The minimum atomic E-state index is -0.409. The summed E-state index contributed by atoms with van der Waals surface area (Å²) in [6.45, 7) is 22.6. The SMILES string of the molecule is CCC(C)(CCN1CCN(CC(C)C)CC1)OCCOC(C)(C)CC(C)=O. The summed E-state index contributed by atoms with van der Waals surface area (Å²) in [7, 11) is 0. The smallest absolute Gasteiger partial charge is 0.132 e. The van der Waals surface area contributed by atoms with Gasteiger partial charge in [-0.3, -0.25) is 4.79 Å². The van der Waals surface area contributed by atoms with Crippen molar-refractivity contribution < 1.29 is 14.3 Å². The number of hydrogen-bond donors (Lipinski definition) is 0. The fourth-order valence-electron chi connectivity index (χ4n) is 3.71. The second kappa shape index (κ2) is 11.5. The van der Waals surface area contributed by atoms with Crippen molar-refractivity contribution in [3.05, 3.63) is 0 Å². The lowest BCUT2D eigenvalue weighted by atomic mass is 9.98. The molecule has 160 valence electrons. The van der Waals surface area contributed by atoms with Gasteiger partial charge in [-0.05, 0) is 46.5 Å². The van der Waals surface area contributed by atoms with E-state index in [1.54, 1.807) is 6.92 Å². The Morgan fingerprint density at radius 3 is 2.07 bits per heavy atom. The van der Waals surface area contributed by atoms with Gasteiger partial charge in [0.05, 0.1) is 24.4 Å². The first-order valence-electron chi connectivity index (χ1n) is 10.8. The van der Waals surface area contributed by atoms with Crippen LogP contribution in [0.1, 0.15) is 67.7 Å². The van der Waals surface area contributed by atoms with Crippen LogP contribution in [0.2, 0.25) is 0 Å². The Morgan fingerprint density at radius 2 is 1.56 bits per heavy atom. The van der Waals surface area contributed by atoms with Crippen molar-refractivity contribution in [3.8, 4) is 0 Å². The number of rotatable bonds is 13. The standard InChI is InChI=1S/C22H44N2O3/c1-8-22(7,27-16-15-26-21(5,6)17-20(4)25)9-10-23-11-13-24(14-12-23)18-19(2)3/h19H,8-18H2,1-7H3. The van der Waals surface area contributed by atoms with Crippen LogP contribution in [0.5, 0.6) is 0 Å². The molecule has 1 rings (SSSR count). The summed E-state index contributed by atoms with van der Waals surface area (Å²) in [5.74, 6) is 0.906. The average molecular weight is 385 g/mol. The Bertz CT molecular complexity index is 431. The van der Waals surface area contributed by atoms with Gasteiger partial charge in [0.15, 0.2) is 0 Å². The highest BCUT2D eigenvalue weighted by Gasteiger charge is 2.26. The number of carbonyl (C=O) groups excluding carboxylic acids is 1. The quantitative estimate of drug-likeness (QED) is 0.454. The van der Waals surface area contributed by atoms with Gasteiger partial charge >= 0.3 is 0 Å². The summed E-state index contributed by atoms with van der Waals surface area (Å²) in [4.78, 5) is 16.4. The molecular formula is C22H44N2O3. The lowest BCUT2D eigenvalue weighted by Gasteiger charge is -2.37. The Kier molecular flexibility index (Phi) is 10.5. The van der Waals surface area contributed by atoms with Gasteiger partial charge in [-0.15, -0.1) is 0 Å². The van der Waals surface area contributed by atoms with E-state index in [0.29, 0.717) is 19.6 Å². The fourth-order valence-corrected chi connectivity index (χ4v) is 3.71. The maximum atomic E-state index is 11.3. The number of carbonyl (C=O) groups is 1. The van der Waals surface area contributed by atoms with Crippen molar-refractivity contribution in [2.75, 3.05) is 52.5 Å². The first-order chi connectivity index (χ1) is 12.6. The number of ketones is 1. The van der Waals surface area contributed by atoms with Gasteiger partial charge < -0.3 is 19.3 Å². The minimum absolute atomic E-state index is 0.108. The number of Topliss-reactive ketones (excluding diaryl/α,β-unsaturated/α-hetero) is 1. The lowest BCUT2D eigenvalue weighted by Crippen LogP contribution is -2.48. The molecule has 1 heterocycles.